The molecule has 2 aromatic carbocycles. The fourth-order valence-electron chi connectivity index (χ4n) is 4.04. The van der Waals surface area contributed by atoms with Crippen molar-refractivity contribution in [3.63, 3.8) is 0 Å². The van der Waals surface area contributed by atoms with E-state index in [1.807, 2.05) is 30.3 Å². The van der Waals surface area contributed by atoms with Crippen LogP contribution in [-0.2, 0) is 22.7 Å². The summed E-state index contributed by atoms with van der Waals surface area (Å²) in [4.78, 5) is 0. The zero-order chi connectivity index (χ0) is 20.5. The van der Waals surface area contributed by atoms with Crippen LogP contribution >= 0.6 is 11.6 Å². The molecule has 5 heteroatoms. The number of hydrogen-bond donors (Lipinski definition) is 0. The maximum absolute atomic E-state index is 6.51. The van der Waals surface area contributed by atoms with Crippen molar-refractivity contribution in [2.75, 3.05) is 0 Å². The minimum absolute atomic E-state index is 0.216. The lowest BCUT2D eigenvalue weighted by Gasteiger charge is -2.35. The molecule has 1 aromatic heterocycles. The standard InChI is InChI=1S/C25H26ClNO3/c1-16-6-5-9-22(26)23(16)24-21(25(30-27-24)18-10-11-18)15-29-20-12-19(13-20)28-14-17-7-3-2-4-8-17/h2-9,18-20H,10-15H2,1H3. The van der Waals surface area contributed by atoms with E-state index in [2.05, 4.69) is 30.3 Å². The zero-order valence-corrected chi connectivity index (χ0v) is 17.9. The van der Waals surface area contributed by atoms with Crippen molar-refractivity contribution in [1.29, 1.82) is 0 Å². The van der Waals surface area contributed by atoms with Crippen molar-refractivity contribution in [3.05, 3.63) is 76.0 Å². The number of halogens is 1. The molecule has 2 fully saturated rings. The SMILES string of the molecule is Cc1cccc(Cl)c1-c1noc(C2CC2)c1COC1CC(OCc2ccccc2)C1. The molecule has 156 valence electrons. The molecule has 0 saturated heterocycles. The fourth-order valence-corrected chi connectivity index (χ4v) is 4.35. The second-order valence-corrected chi connectivity index (χ2v) is 8.81. The van der Waals surface area contributed by atoms with E-state index >= 15 is 0 Å². The van der Waals surface area contributed by atoms with Crippen LogP contribution in [0.15, 0.2) is 53.1 Å². The number of ether oxygens (including phenoxy) is 2. The van der Waals surface area contributed by atoms with E-state index in [-0.39, 0.29) is 12.2 Å². The Morgan fingerprint density at radius 1 is 0.967 bits per heavy atom. The molecule has 0 radical (unpaired) electrons. The first-order valence-electron chi connectivity index (χ1n) is 10.7. The molecule has 30 heavy (non-hydrogen) atoms. The Morgan fingerprint density at radius 3 is 2.40 bits per heavy atom. The Hall–Kier alpha value is -2.14. The highest BCUT2D eigenvalue weighted by Gasteiger charge is 2.35. The molecule has 1 heterocycles. The average molecular weight is 424 g/mol. The molecule has 2 aliphatic rings. The van der Waals surface area contributed by atoms with E-state index < -0.39 is 0 Å². The molecule has 0 aliphatic heterocycles. The number of nitrogens with zero attached hydrogens (tertiary/aromatic N) is 1. The van der Waals surface area contributed by atoms with E-state index in [1.165, 1.54) is 5.56 Å². The van der Waals surface area contributed by atoms with Gasteiger partial charge in [-0.15, -0.1) is 0 Å². The Bertz CT molecular complexity index is 986. The van der Waals surface area contributed by atoms with Crippen molar-refractivity contribution in [2.45, 2.75) is 63.9 Å². The predicted molar refractivity (Wildman–Crippen MR) is 116 cm³/mol. The molecular formula is C25H26ClNO3. The maximum Gasteiger partial charge on any atom is 0.145 e. The summed E-state index contributed by atoms with van der Waals surface area (Å²) in [7, 11) is 0. The Labute approximate surface area is 182 Å². The molecule has 4 nitrogen and oxygen atoms in total. The van der Waals surface area contributed by atoms with Crippen molar-refractivity contribution in [2.24, 2.45) is 0 Å². The van der Waals surface area contributed by atoms with Crippen LogP contribution < -0.4 is 0 Å². The average Bonchev–Trinajstić information content (AvgIpc) is 3.48. The fraction of sp³-hybridized carbons (Fsp3) is 0.400. The molecule has 0 amide bonds. The molecular weight excluding hydrogens is 398 g/mol. The van der Waals surface area contributed by atoms with Crippen molar-refractivity contribution in [1.82, 2.24) is 5.16 Å². The first-order chi connectivity index (χ1) is 14.7. The lowest BCUT2D eigenvalue weighted by molar-refractivity contribution is -0.112. The van der Waals surface area contributed by atoms with E-state index in [9.17, 15) is 0 Å². The monoisotopic (exact) mass is 423 g/mol. The number of rotatable bonds is 8. The van der Waals surface area contributed by atoms with Crippen LogP contribution in [0.1, 0.15) is 54.1 Å². The van der Waals surface area contributed by atoms with Gasteiger partial charge in [-0.3, -0.25) is 0 Å². The van der Waals surface area contributed by atoms with Crippen LogP contribution in [0, 0.1) is 6.92 Å². The number of benzene rings is 2. The summed E-state index contributed by atoms with van der Waals surface area (Å²) in [6, 6.07) is 16.2. The summed E-state index contributed by atoms with van der Waals surface area (Å²) in [6.45, 7) is 3.22. The summed E-state index contributed by atoms with van der Waals surface area (Å²) in [6.07, 6.45) is 4.65. The van der Waals surface area contributed by atoms with Gasteiger partial charge in [-0.2, -0.15) is 0 Å². The van der Waals surface area contributed by atoms with Gasteiger partial charge in [0.2, 0.25) is 0 Å². The van der Waals surface area contributed by atoms with Gasteiger partial charge in [0.1, 0.15) is 11.5 Å². The highest BCUT2D eigenvalue weighted by molar-refractivity contribution is 6.33. The smallest absolute Gasteiger partial charge is 0.145 e. The van der Waals surface area contributed by atoms with Crippen molar-refractivity contribution >= 4 is 11.6 Å². The second kappa shape index (κ2) is 8.54. The molecule has 0 N–H and O–H groups in total. The zero-order valence-electron chi connectivity index (χ0n) is 17.1. The van der Waals surface area contributed by atoms with Crippen molar-refractivity contribution < 1.29 is 14.0 Å². The van der Waals surface area contributed by atoms with Gasteiger partial charge in [-0.25, -0.2) is 0 Å². The number of aryl methyl sites for hydroxylation is 1. The summed E-state index contributed by atoms with van der Waals surface area (Å²) in [5, 5.41) is 5.10. The molecule has 3 aromatic rings. The molecule has 0 unspecified atom stereocenters. The largest absolute Gasteiger partial charge is 0.373 e. The van der Waals surface area contributed by atoms with E-state index in [0.717, 1.165) is 53.8 Å². The normalized spacial score (nSPS) is 20.9. The van der Waals surface area contributed by atoms with Crippen LogP contribution in [-0.4, -0.2) is 17.4 Å². The highest BCUT2D eigenvalue weighted by Crippen LogP contribution is 2.45. The lowest BCUT2D eigenvalue weighted by Crippen LogP contribution is -2.37. The predicted octanol–water partition coefficient (Wildman–Crippen LogP) is 6.45. The molecule has 2 aliphatic carbocycles. The lowest BCUT2D eigenvalue weighted by atomic mass is 9.91. The number of hydrogen-bond acceptors (Lipinski definition) is 4. The van der Waals surface area contributed by atoms with Gasteiger partial charge in [0.25, 0.3) is 0 Å². The van der Waals surface area contributed by atoms with Gasteiger partial charge < -0.3 is 14.0 Å². The summed E-state index contributed by atoms with van der Waals surface area (Å²) in [5.41, 5.74) is 5.14. The Morgan fingerprint density at radius 2 is 1.70 bits per heavy atom. The van der Waals surface area contributed by atoms with Gasteiger partial charge in [-0.1, -0.05) is 59.2 Å². The van der Waals surface area contributed by atoms with Crippen LogP contribution in [0.2, 0.25) is 5.02 Å². The van der Waals surface area contributed by atoms with Gasteiger partial charge in [-0.05, 0) is 49.8 Å². The molecule has 5 rings (SSSR count). The van der Waals surface area contributed by atoms with Gasteiger partial charge in [0.05, 0.1) is 30.4 Å². The second-order valence-electron chi connectivity index (χ2n) is 8.40. The first-order valence-corrected chi connectivity index (χ1v) is 11.1. The minimum atomic E-state index is 0.216. The third-order valence-electron chi connectivity index (χ3n) is 6.07. The summed E-state index contributed by atoms with van der Waals surface area (Å²) >= 11 is 6.51. The van der Waals surface area contributed by atoms with Crippen LogP contribution in [0.4, 0.5) is 0 Å². The van der Waals surface area contributed by atoms with Gasteiger partial charge in [0, 0.05) is 17.0 Å². The van der Waals surface area contributed by atoms with E-state index in [1.54, 1.807) is 0 Å². The van der Waals surface area contributed by atoms with E-state index in [4.69, 9.17) is 25.6 Å². The van der Waals surface area contributed by atoms with Gasteiger partial charge >= 0.3 is 0 Å². The third-order valence-corrected chi connectivity index (χ3v) is 6.38. The Kier molecular flexibility index (Phi) is 5.64. The first kappa shape index (κ1) is 19.8. The number of aromatic nitrogens is 1. The van der Waals surface area contributed by atoms with Crippen LogP contribution in [0.3, 0.4) is 0 Å². The van der Waals surface area contributed by atoms with Crippen molar-refractivity contribution in [3.8, 4) is 11.3 Å². The topological polar surface area (TPSA) is 44.5 Å². The minimum Gasteiger partial charge on any atom is -0.373 e. The van der Waals surface area contributed by atoms with Crippen LogP contribution in [0.5, 0.6) is 0 Å². The van der Waals surface area contributed by atoms with E-state index in [0.29, 0.717) is 24.2 Å². The Balaban J connectivity index is 1.22. The maximum atomic E-state index is 6.51. The molecule has 2 saturated carbocycles. The van der Waals surface area contributed by atoms with Gasteiger partial charge in [0.15, 0.2) is 0 Å². The third kappa shape index (κ3) is 4.18. The van der Waals surface area contributed by atoms with Crippen LogP contribution in [0.25, 0.3) is 11.3 Å². The molecule has 0 bridgehead atoms. The molecule has 0 spiro atoms. The molecule has 0 atom stereocenters. The quantitative estimate of drug-likeness (QED) is 0.418. The highest BCUT2D eigenvalue weighted by atomic mass is 35.5. The summed E-state index contributed by atoms with van der Waals surface area (Å²) < 4.78 is 18.0. The summed E-state index contributed by atoms with van der Waals surface area (Å²) in [5.74, 6) is 1.44.